The van der Waals surface area contributed by atoms with Crippen LogP contribution in [0.15, 0.2) is 18.2 Å². The molecule has 0 aromatic heterocycles. The first-order valence-electron chi connectivity index (χ1n) is 3.65. The number of nitro groups is 1. The second kappa shape index (κ2) is 4.05. The van der Waals surface area contributed by atoms with Crippen LogP contribution in [-0.4, -0.2) is 4.92 Å². The average Bonchev–Trinajstić information content (AvgIpc) is 2.16. The Balaban J connectivity index is 3.30. The minimum atomic E-state index is -1.01. The largest absolute Gasteiger partial charge is 0.312 e. The van der Waals surface area contributed by atoms with Gasteiger partial charge in [-0.15, -0.1) is 0 Å². The zero-order valence-electron chi connectivity index (χ0n) is 6.98. The molecule has 0 aliphatic rings. The fourth-order valence-corrected chi connectivity index (χ4v) is 1.17. The number of halogens is 1. The molecule has 0 fully saturated rings. The average molecular weight is 212 g/mol. The molecule has 72 valence electrons. The second-order valence-electron chi connectivity index (χ2n) is 2.57. The van der Waals surface area contributed by atoms with Crippen LogP contribution in [0.4, 0.5) is 5.69 Å². The van der Waals surface area contributed by atoms with E-state index in [-0.39, 0.29) is 16.3 Å². The third-order valence-corrected chi connectivity index (χ3v) is 1.90. The molecule has 1 aromatic rings. The molecule has 0 saturated carbocycles. The molecule has 14 heavy (non-hydrogen) atoms. The molecule has 1 aromatic carbocycles. The number of nitrogens with zero attached hydrogens (tertiary/aromatic N) is 2. The van der Waals surface area contributed by atoms with E-state index < -0.39 is 11.0 Å². The summed E-state index contributed by atoms with van der Waals surface area (Å²) in [7, 11) is 0. The van der Waals surface area contributed by atoms with Crippen LogP contribution in [0.3, 0.4) is 0 Å². The van der Waals surface area contributed by atoms with E-state index in [1.807, 2.05) is 0 Å². The molecule has 5 nitrogen and oxygen atoms in total. The summed E-state index contributed by atoms with van der Waals surface area (Å²) in [5, 5.41) is 19.4. The van der Waals surface area contributed by atoms with Gasteiger partial charge in [0.1, 0.15) is 6.04 Å². The Morgan fingerprint density at radius 3 is 2.79 bits per heavy atom. The minimum absolute atomic E-state index is 0.168. The van der Waals surface area contributed by atoms with Crippen LogP contribution >= 0.6 is 11.6 Å². The summed E-state index contributed by atoms with van der Waals surface area (Å²) in [6.45, 7) is 0. The van der Waals surface area contributed by atoms with Crippen molar-refractivity contribution in [2.45, 2.75) is 6.04 Å². The summed E-state index contributed by atoms with van der Waals surface area (Å²) in [6.07, 6.45) is 0. The van der Waals surface area contributed by atoms with Crippen molar-refractivity contribution in [1.82, 2.24) is 0 Å². The fraction of sp³-hybridized carbons (Fsp3) is 0.125. The number of hydrogen-bond acceptors (Lipinski definition) is 4. The third-order valence-electron chi connectivity index (χ3n) is 1.66. The van der Waals surface area contributed by atoms with Crippen molar-refractivity contribution in [3.05, 3.63) is 38.9 Å². The molecule has 0 heterocycles. The normalized spacial score (nSPS) is 11.8. The lowest BCUT2D eigenvalue weighted by Crippen LogP contribution is -2.09. The van der Waals surface area contributed by atoms with Crippen LogP contribution in [0.25, 0.3) is 0 Å². The van der Waals surface area contributed by atoms with Crippen LogP contribution in [0.5, 0.6) is 0 Å². The van der Waals surface area contributed by atoms with Crippen molar-refractivity contribution in [3.8, 4) is 6.07 Å². The summed E-state index contributed by atoms with van der Waals surface area (Å²) in [6, 6.07) is 4.74. The van der Waals surface area contributed by atoms with Crippen molar-refractivity contribution in [2.24, 2.45) is 5.73 Å². The lowest BCUT2D eigenvalue weighted by Gasteiger charge is -2.03. The monoisotopic (exact) mass is 211 g/mol. The Hall–Kier alpha value is -1.64. The second-order valence-corrected chi connectivity index (χ2v) is 3.00. The first-order chi connectivity index (χ1) is 6.56. The van der Waals surface area contributed by atoms with E-state index in [0.717, 1.165) is 0 Å². The Bertz CT molecular complexity index is 414. The quantitative estimate of drug-likeness (QED) is 0.596. The van der Waals surface area contributed by atoms with Gasteiger partial charge < -0.3 is 5.73 Å². The number of nitro benzene ring substituents is 1. The van der Waals surface area contributed by atoms with Gasteiger partial charge in [0, 0.05) is 11.1 Å². The van der Waals surface area contributed by atoms with Crippen molar-refractivity contribution in [1.29, 1.82) is 5.26 Å². The van der Waals surface area contributed by atoms with Crippen molar-refractivity contribution in [3.63, 3.8) is 0 Å². The molecule has 1 rings (SSSR count). The summed E-state index contributed by atoms with van der Waals surface area (Å²) in [4.78, 5) is 9.96. The summed E-state index contributed by atoms with van der Waals surface area (Å²) in [5.41, 5.74) is 5.31. The number of nitriles is 1. The number of hydrogen-bond donors (Lipinski definition) is 1. The van der Waals surface area contributed by atoms with Crippen LogP contribution < -0.4 is 5.73 Å². The summed E-state index contributed by atoms with van der Waals surface area (Å²) >= 11 is 5.58. The SMILES string of the molecule is N#CC(N)c1ccc(Cl)cc1[N+](=O)[O-]. The van der Waals surface area contributed by atoms with E-state index in [1.54, 1.807) is 6.07 Å². The van der Waals surface area contributed by atoms with Gasteiger partial charge in [0.15, 0.2) is 0 Å². The van der Waals surface area contributed by atoms with Gasteiger partial charge in [-0.05, 0) is 12.1 Å². The molecular weight excluding hydrogens is 206 g/mol. The lowest BCUT2D eigenvalue weighted by molar-refractivity contribution is -0.385. The molecular formula is C8H6ClN3O2. The van der Waals surface area contributed by atoms with E-state index >= 15 is 0 Å². The number of benzene rings is 1. The van der Waals surface area contributed by atoms with Crippen LogP contribution in [0.2, 0.25) is 5.02 Å². The third kappa shape index (κ3) is 1.99. The number of nitrogens with two attached hydrogens (primary N) is 1. The highest BCUT2D eigenvalue weighted by Gasteiger charge is 2.19. The Morgan fingerprint density at radius 1 is 1.64 bits per heavy atom. The highest BCUT2D eigenvalue weighted by molar-refractivity contribution is 6.30. The highest BCUT2D eigenvalue weighted by Crippen LogP contribution is 2.26. The Morgan fingerprint density at radius 2 is 2.29 bits per heavy atom. The van der Waals surface area contributed by atoms with Gasteiger partial charge in [-0.1, -0.05) is 11.6 Å². The molecule has 2 N–H and O–H groups in total. The summed E-state index contributed by atoms with van der Waals surface area (Å²) in [5.74, 6) is 0. The Labute approximate surface area is 84.8 Å². The van der Waals surface area contributed by atoms with Gasteiger partial charge in [0.05, 0.1) is 16.6 Å². The van der Waals surface area contributed by atoms with Crippen LogP contribution in [-0.2, 0) is 0 Å². The van der Waals surface area contributed by atoms with Crippen LogP contribution in [0.1, 0.15) is 11.6 Å². The van der Waals surface area contributed by atoms with Gasteiger partial charge >= 0.3 is 0 Å². The maximum absolute atomic E-state index is 10.6. The first kappa shape index (κ1) is 10.4. The predicted octanol–water partition coefficient (Wildman–Crippen LogP) is 1.77. The van der Waals surface area contributed by atoms with Gasteiger partial charge in [-0.2, -0.15) is 5.26 Å². The molecule has 6 heteroatoms. The van der Waals surface area contributed by atoms with Gasteiger partial charge in [0.25, 0.3) is 5.69 Å². The van der Waals surface area contributed by atoms with Crippen LogP contribution in [0, 0.1) is 21.4 Å². The smallest absolute Gasteiger partial charge is 0.276 e. The maximum Gasteiger partial charge on any atom is 0.276 e. The van der Waals surface area contributed by atoms with E-state index in [0.29, 0.717) is 0 Å². The van der Waals surface area contributed by atoms with E-state index in [9.17, 15) is 10.1 Å². The topological polar surface area (TPSA) is 93.0 Å². The Kier molecular flexibility index (Phi) is 3.02. The molecule has 0 aliphatic carbocycles. The molecule has 0 spiro atoms. The van der Waals surface area contributed by atoms with Crippen molar-refractivity contribution >= 4 is 17.3 Å². The van der Waals surface area contributed by atoms with Crippen molar-refractivity contribution < 1.29 is 4.92 Å². The van der Waals surface area contributed by atoms with Crippen molar-refractivity contribution in [2.75, 3.05) is 0 Å². The summed E-state index contributed by atoms with van der Waals surface area (Å²) < 4.78 is 0. The zero-order valence-corrected chi connectivity index (χ0v) is 7.73. The molecule has 0 bridgehead atoms. The zero-order chi connectivity index (χ0) is 10.7. The fourth-order valence-electron chi connectivity index (χ4n) is 1.01. The van der Waals surface area contributed by atoms with Gasteiger partial charge in [-0.3, -0.25) is 10.1 Å². The minimum Gasteiger partial charge on any atom is -0.312 e. The first-order valence-corrected chi connectivity index (χ1v) is 4.03. The molecule has 0 aliphatic heterocycles. The maximum atomic E-state index is 10.6. The molecule has 1 unspecified atom stereocenters. The van der Waals surface area contributed by atoms with Gasteiger partial charge in [-0.25, -0.2) is 0 Å². The standard InChI is InChI=1S/C8H6ClN3O2/c9-5-1-2-6(7(11)4-10)8(3-5)12(13)14/h1-3,7H,11H2. The molecule has 0 saturated heterocycles. The lowest BCUT2D eigenvalue weighted by atomic mass is 10.1. The molecule has 0 radical (unpaired) electrons. The molecule has 1 atom stereocenters. The van der Waals surface area contributed by atoms with E-state index in [4.69, 9.17) is 22.6 Å². The molecule has 0 amide bonds. The predicted molar refractivity (Wildman–Crippen MR) is 50.6 cm³/mol. The highest BCUT2D eigenvalue weighted by atomic mass is 35.5. The van der Waals surface area contributed by atoms with E-state index in [1.165, 1.54) is 18.2 Å². The number of rotatable bonds is 2. The van der Waals surface area contributed by atoms with Gasteiger partial charge in [0.2, 0.25) is 0 Å². The van der Waals surface area contributed by atoms with E-state index in [2.05, 4.69) is 0 Å².